The molecule has 0 spiro atoms. The Morgan fingerprint density at radius 1 is 1.54 bits per heavy atom. The second-order valence-electron chi connectivity index (χ2n) is 3.18. The van der Waals surface area contributed by atoms with Crippen LogP contribution in [0.15, 0.2) is 12.3 Å². The number of aromatic nitrogens is 3. The molecule has 0 radical (unpaired) electrons. The molecule has 4 heteroatoms. The molecule has 0 aliphatic rings. The van der Waals surface area contributed by atoms with E-state index in [4.69, 9.17) is 0 Å². The third-order valence-electron chi connectivity index (χ3n) is 1.89. The highest BCUT2D eigenvalue weighted by atomic mass is 16.3. The number of hydrogen-bond donors (Lipinski definition) is 2. The minimum absolute atomic E-state index is 0.563. The van der Waals surface area contributed by atoms with Crippen molar-refractivity contribution in [1.29, 1.82) is 0 Å². The summed E-state index contributed by atoms with van der Waals surface area (Å²) < 4.78 is 0. The maximum absolute atomic E-state index is 9.27. The second kappa shape index (κ2) is 2.81. The number of aromatic amines is 1. The highest BCUT2D eigenvalue weighted by molar-refractivity contribution is 5.70. The topological polar surface area (TPSA) is 61.8 Å². The third kappa shape index (κ3) is 1.40. The summed E-state index contributed by atoms with van der Waals surface area (Å²) in [5.41, 5.74) is 2.60. The van der Waals surface area contributed by atoms with Gasteiger partial charge in [-0.2, -0.15) is 0 Å². The van der Waals surface area contributed by atoms with Crippen LogP contribution >= 0.6 is 0 Å². The van der Waals surface area contributed by atoms with Crippen LogP contribution in [0.2, 0.25) is 0 Å². The number of aliphatic hydroxyl groups excluding tert-OH is 1. The number of rotatable bonds is 1. The van der Waals surface area contributed by atoms with Crippen molar-refractivity contribution < 1.29 is 5.11 Å². The maximum atomic E-state index is 9.27. The van der Waals surface area contributed by atoms with E-state index in [9.17, 15) is 5.11 Å². The molecule has 0 bridgehead atoms. The Balaban J connectivity index is 2.62. The van der Waals surface area contributed by atoms with Crippen LogP contribution in [0.25, 0.3) is 11.2 Å². The molecule has 0 aliphatic carbocycles. The van der Waals surface area contributed by atoms with Crippen molar-refractivity contribution >= 4 is 11.2 Å². The quantitative estimate of drug-likeness (QED) is 0.690. The monoisotopic (exact) mass is 177 g/mol. The molecular weight excluding hydrogens is 166 g/mol. The number of pyridine rings is 1. The molecule has 0 saturated carbocycles. The van der Waals surface area contributed by atoms with Crippen molar-refractivity contribution in [1.82, 2.24) is 15.0 Å². The summed E-state index contributed by atoms with van der Waals surface area (Å²) in [7, 11) is 0. The van der Waals surface area contributed by atoms with E-state index >= 15 is 0 Å². The first-order valence-corrected chi connectivity index (χ1v) is 4.17. The molecule has 2 aromatic rings. The van der Waals surface area contributed by atoms with E-state index in [2.05, 4.69) is 15.0 Å². The Hall–Kier alpha value is -1.42. The average Bonchev–Trinajstić information content (AvgIpc) is 2.46. The molecule has 68 valence electrons. The van der Waals surface area contributed by atoms with Crippen LogP contribution in [0.4, 0.5) is 0 Å². The summed E-state index contributed by atoms with van der Waals surface area (Å²) in [6.07, 6.45) is 1.18. The smallest absolute Gasteiger partial charge is 0.177 e. The summed E-state index contributed by atoms with van der Waals surface area (Å²) in [6, 6.07) is 1.96. The Bertz CT molecular complexity index is 433. The molecule has 2 heterocycles. The lowest BCUT2D eigenvalue weighted by atomic mass is 10.3. The number of imidazole rings is 1. The SMILES string of the molecule is Cc1cnc2nc(C(C)O)[nH]c2c1. The van der Waals surface area contributed by atoms with Gasteiger partial charge in [0.05, 0.1) is 5.52 Å². The molecule has 1 atom stereocenters. The Labute approximate surface area is 75.7 Å². The number of nitrogens with one attached hydrogen (secondary N) is 1. The van der Waals surface area contributed by atoms with Crippen LogP contribution in [-0.4, -0.2) is 20.1 Å². The average molecular weight is 177 g/mol. The zero-order chi connectivity index (χ0) is 9.42. The van der Waals surface area contributed by atoms with Crippen LogP contribution in [0.5, 0.6) is 0 Å². The number of aliphatic hydroxyl groups is 1. The van der Waals surface area contributed by atoms with Gasteiger partial charge in [-0.3, -0.25) is 0 Å². The fraction of sp³-hybridized carbons (Fsp3) is 0.333. The van der Waals surface area contributed by atoms with Gasteiger partial charge in [0, 0.05) is 6.20 Å². The summed E-state index contributed by atoms with van der Waals surface area (Å²) in [5.74, 6) is 0.563. The van der Waals surface area contributed by atoms with Crippen LogP contribution in [-0.2, 0) is 0 Å². The molecule has 0 amide bonds. The normalized spacial score (nSPS) is 13.5. The van der Waals surface area contributed by atoms with E-state index in [1.54, 1.807) is 13.1 Å². The summed E-state index contributed by atoms with van der Waals surface area (Å²) in [5, 5.41) is 9.27. The lowest BCUT2D eigenvalue weighted by Gasteiger charge is -1.94. The minimum atomic E-state index is -0.575. The van der Waals surface area contributed by atoms with Crippen molar-refractivity contribution in [2.45, 2.75) is 20.0 Å². The lowest BCUT2D eigenvalue weighted by Crippen LogP contribution is -1.92. The maximum Gasteiger partial charge on any atom is 0.177 e. The predicted molar refractivity (Wildman–Crippen MR) is 49.3 cm³/mol. The minimum Gasteiger partial charge on any atom is -0.385 e. The van der Waals surface area contributed by atoms with Crippen molar-refractivity contribution in [2.75, 3.05) is 0 Å². The molecular formula is C9H11N3O. The van der Waals surface area contributed by atoms with E-state index in [1.807, 2.05) is 13.0 Å². The Kier molecular flexibility index (Phi) is 1.77. The first-order chi connectivity index (χ1) is 6.16. The Morgan fingerprint density at radius 3 is 3.00 bits per heavy atom. The fourth-order valence-electron chi connectivity index (χ4n) is 1.22. The highest BCUT2D eigenvalue weighted by Crippen LogP contribution is 2.14. The standard InChI is InChI=1S/C9H11N3O/c1-5-3-7-9(10-4-5)12-8(11-7)6(2)13/h3-4,6,13H,1-2H3,(H,10,11,12). The molecule has 0 fully saturated rings. The summed E-state index contributed by atoms with van der Waals surface area (Å²) in [4.78, 5) is 11.3. The highest BCUT2D eigenvalue weighted by Gasteiger charge is 2.07. The molecule has 2 rings (SSSR count). The summed E-state index contributed by atoms with van der Waals surface area (Å²) in [6.45, 7) is 3.64. The van der Waals surface area contributed by atoms with Crippen LogP contribution in [0, 0.1) is 6.92 Å². The largest absolute Gasteiger partial charge is 0.385 e. The molecule has 13 heavy (non-hydrogen) atoms. The van der Waals surface area contributed by atoms with Crippen molar-refractivity contribution in [3.8, 4) is 0 Å². The lowest BCUT2D eigenvalue weighted by molar-refractivity contribution is 0.190. The van der Waals surface area contributed by atoms with Gasteiger partial charge < -0.3 is 10.1 Å². The molecule has 0 aliphatic heterocycles. The van der Waals surface area contributed by atoms with Gasteiger partial charge in [0.25, 0.3) is 0 Å². The molecule has 2 N–H and O–H groups in total. The predicted octanol–water partition coefficient (Wildman–Crippen LogP) is 1.32. The second-order valence-corrected chi connectivity index (χ2v) is 3.18. The van der Waals surface area contributed by atoms with Gasteiger partial charge in [-0.05, 0) is 25.5 Å². The number of fused-ring (bicyclic) bond motifs is 1. The van der Waals surface area contributed by atoms with Crippen molar-refractivity contribution in [3.05, 3.63) is 23.7 Å². The zero-order valence-electron chi connectivity index (χ0n) is 7.57. The number of H-pyrrole nitrogens is 1. The van der Waals surface area contributed by atoms with Gasteiger partial charge in [-0.25, -0.2) is 9.97 Å². The van der Waals surface area contributed by atoms with E-state index in [0.29, 0.717) is 11.5 Å². The first kappa shape index (κ1) is 8.19. The van der Waals surface area contributed by atoms with Gasteiger partial charge in [-0.15, -0.1) is 0 Å². The summed E-state index contributed by atoms with van der Waals surface area (Å²) >= 11 is 0. The molecule has 4 nitrogen and oxygen atoms in total. The van der Waals surface area contributed by atoms with Gasteiger partial charge in [0.15, 0.2) is 5.65 Å². The molecule has 0 aromatic carbocycles. The van der Waals surface area contributed by atoms with E-state index in [-0.39, 0.29) is 0 Å². The van der Waals surface area contributed by atoms with Gasteiger partial charge in [-0.1, -0.05) is 0 Å². The first-order valence-electron chi connectivity index (χ1n) is 4.17. The van der Waals surface area contributed by atoms with E-state index in [0.717, 1.165) is 11.1 Å². The van der Waals surface area contributed by atoms with Crippen LogP contribution in [0.1, 0.15) is 24.4 Å². The van der Waals surface area contributed by atoms with Crippen LogP contribution in [0.3, 0.4) is 0 Å². The third-order valence-corrected chi connectivity index (χ3v) is 1.89. The number of hydrogen-bond acceptors (Lipinski definition) is 3. The molecule has 2 aromatic heterocycles. The van der Waals surface area contributed by atoms with Gasteiger partial charge in [0.2, 0.25) is 0 Å². The number of nitrogens with zero attached hydrogens (tertiary/aromatic N) is 2. The molecule has 1 unspecified atom stereocenters. The fourth-order valence-corrected chi connectivity index (χ4v) is 1.22. The van der Waals surface area contributed by atoms with E-state index in [1.165, 1.54) is 0 Å². The van der Waals surface area contributed by atoms with Gasteiger partial charge in [0.1, 0.15) is 11.9 Å². The van der Waals surface area contributed by atoms with Crippen LogP contribution < -0.4 is 0 Å². The number of aryl methyl sites for hydroxylation is 1. The zero-order valence-corrected chi connectivity index (χ0v) is 7.57. The van der Waals surface area contributed by atoms with Gasteiger partial charge >= 0.3 is 0 Å². The van der Waals surface area contributed by atoms with E-state index < -0.39 is 6.10 Å². The molecule has 0 saturated heterocycles. The Morgan fingerprint density at radius 2 is 2.31 bits per heavy atom. The van der Waals surface area contributed by atoms with Crippen molar-refractivity contribution in [2.24, 2.45) is 0 Å². The van der Waals surface area contributed by atoms with Crippen molar-refractivity contribution in [3.63, 3.8) is 0 Å².